The molecule has 2 saturated heterocycles. The highest BCUT2D eigenvalue weighted by atomic mass is 16.6. The van der Waals surface area contributed by atoms with Crippen molar-refractivity contribution in [2.75, 3.05) is 152 Å². The predicted octanol–water partition coefficient (Wildman–Crippen LogP) is 3.72. The van der Waals surface area contributed by atoms with Gasteiger partial charge in [0.05, 0.1) is 125 Å². The van der Waals surface area contributed by atoms with E-state index in [0.29, 0.717) is 188 Å². The summed E-state index contributed by atoms with van der Waals surface area (Å²) < 4.78 is 55.3. The Morgan fingerprint density at radius 3 is 1.61 bits per heavy atom. The summed E-state index contributed by atoms with van der Waals surface area (Å²) in [5.41, 5.74) is 6.10. The SMILES string of the molecule is CCCCN1C(=O)[C@@H]([C@H](O)C2CCCCC2)NC(=O)C12CCN(Cc1ccc(Oc3ccc(C(=O)NCCOCCOCCOCCOCCOCCOCCOCCOCCOCCN)cc3)cc1)CC2. The first-order valence-corrected chi connectivity index (χ1v) is 26.4. The van der Waals surface area contributed by atoms with E-state index in [-0.39, 0.29) is 23.6 Å². The fraction of sp³-hybridized carbons (Fsp3) is 0.717. The van der Waals surface area contributed by atoms with E-state index < -0.39 is 17.7 Å². The maximum absolute atomic E-state index is 14.0. The number of piperidine rings is 1. The van der Waals surface area contributed by atoms with Gasteiger partial charge in [0.25, 0.3) is 5.91 Å². The Morgan fingerprint density at radius 2 is 1.14 bits per heavy atom. The van der Waals surface area contributed by atoms with Crippen LogP contribution in [0.15, 0.2) is 48.5 Å². The molecule has 3 amide bonds. The predicted molar refractivity (Wildman–Crippen MR) is 270 cm³/mol. The summed E-state index contributed by atoms with van der Waals surface area (Å²) in [6.07, 6.45) is 7.06. The number of nitrogens with zero attached hydrogens (tertiary/aromatic N) is 2. The number of likely N-dealkylation sites (tertiary alicyclic amines) is 1. The number of aliphatic hydroxyl groups excluding tert-OH is 1. The Labute approximate surface area is 427 Å². The van der Waals surface area contributed by atoms with E-state index in [1.165, 1.54) is 0 Å². The molecule has 3 aliphatic rings. The lowest BCUT2D eigenvalue weighted by Crippen LogP contribution is -2.75. The van der Waals surface area contributed by atoms with Gasteiger partial charge in [-0.3, -0.25) is 19.3 Å². The van der Waals surface area contributed by atoms with Gasteiger partial charge in [-0.1, -0.05) is 44.7 Å². The summed E-state index contributed by atoms with van der Waals surface area (Å²) in [5.74, 6) is 0.891. The molecule has 0 unspecified atom stereocenters. The van der Waals surface area contributed by atoms with Gasteiger partial charge < -0.3 is 73.7 Å². The summed E-state index contributed by atoms with van der Waals surface area (Å²) >= 11 is 0. The van der Waals surface area contributed by atoms with E-state index in [1.54, 1.807) is 24.3 Å². The number of hydrogen-bond acceptors (Lipinski definition) is 16. The normalized spacial score (nSPS) is 17.9. The van der Waals surface area contributed by atoms with Crippen LogP contribution in [0.3, 0.4) is 0 Å². The summed E-state index contributed by atoms with van der Waals surface area (Å²) in [6.45, 7) is 14.2. The second kappa shape index (κ2) is 35.4. The lowest BCUT2D eigenvalue weighted by Gasteiger charge is -2.52. The van der Waals surface area contributed by atoms with Crippen LogP contribution in [0.4, 0.5) is 0 Å². The Hall–Kier alpha value is -3.83. The number of carbonyl (C=O) groups is 3. The molecule has 1 aliphatic carbocycles. The Bertz CT molecular complexity index is 1760. The molecule has 5 rings (SSSR count). The molecule has 0 radical (unpaired) electrons. The standard InChI is InChI=1S/C53H85N5O14/c1-2-3-21-58-51(61)48(49(59)44-7-5-4-6-8-44)56-52(62)53(58)17-22-57(23-18-53)42-43-9-13-46(14-10-43)72-47-15-11-45(12-16-47)50(60)55-20-25-64-27-29-66-31-33-68-35-37-70-39-41-71-40-38-69-36-34-67-32-30-65-28-26-63-24-19-54/h9-16,44,48-49,59H,2-8,17-42,54H2,1H3,(H,55,60)(H,56,62)/t48-,49-/m1/s1. The van der Waals surface area contributed by atoms with Crippen molar-refractivity contribution in [2.45, 2.75) is 88.9 Å². The van der Waals surface area contributed by atoms with Crippen molar-refractivity contribution in [2.24, 2.45) is 11.7 Å². The van der Waals surface area contributed by atoms with Gasteiger partial charge in [0.15, 0.2) is 0 Å². The topological polar surface area (TPSA) is 220 Å². The highest BCUT2D eigenvalue weighted by Gasteiger charge is 2.55. The third kappa shape index (κ3) is 21.2. The number of carbonyl (C=O) groups excluding carboxylic acids is 3. The Balaban J connectivity index is 0.831. The third-order valence-corrected chi connectivity index (χ3v) is 13.1. The van der Waals surface area contributed by atoms with Crippen molar-refractivity contribution in [3.8, 4) is 11.5 Å². The molecule has 1 spiro atoms. The minimum Gasteiger partial charge on any atom is -0.457 e. The lowest BCUT2D eigenvalue weighted by atomic mass is 9.78. The van der Waals surface area contributed by atoms with Gasteiger partial charge in [-0.2, -0.15) is 0 Å². The van der Waals surface area contributed by atoms with Gasteiger partial charge in [0.2, 0.25) is 11.8 Å². The molecule has 19 nitrogen and oxygen atoms in total. The van der Waals surface area contributed by atoms with E-state index in [1.807, 2.05) is 29.2 Å². The number of piperazine rings is 1. The molecule has 72 heavy (non-hydrogen) atoms. The first-order valence-electron chi connectivity index (χ1n) is 26.4. The summed E-state index contributed by atoms with van der Waals surface area (Å²) in [6, 6.07) is 14.1. The van der Waals surface area contributed by atoms with Crippen LogP contribution in [0.5, 0.6) is 11.5 Å². The summed E-state index contributed by atoms with van der Waals surface area (Å²) in [4.78, 5) is 44.7. The van der Waals surface area contributed by atoms with Gasteiger partial charge in [0, 0.05) is 44.8 Å². The van der Waals surface area contributed by atoms with E-state index in [9.17, 15) is 19.5 Å². The maximum Gasteiger partial charge on any atom is 0.251 e. The zero-order valence-corrected chi connectivity index (χ0v) is 42.9. The number of nitrogens with one attached hydrogen (secondary N) is 2. The maximum atomic E-state index is 14.0. The minimum atomic E-state index is -0.882. The molecule has 2 aliphatic heterocycles. The van der Waals surface area contributed by atoms with Crippen molar-refractivity contribution >= 4 is 17.7 Å². The van der Waals surface area contributed by atoms with Gasteiger partial charge in [0.1, 0.15) is 23.1 Å². The van der Waals surface area contributed by atoms with E-state index in [2.05, 4.69) is 22.5 Å². The number of aliphatic hydroxyl groups is 1. The molecule has 2 aromatic rings. The van der Waals surface area contributed by atoms with Crippen LogP contribution in [-0.4, -0.2) is 202 Å². The number of hydrogen-bond donors (Lipinski definition) is 4. The van der Waals surface area contributed by atoms with Gasteiger partial charge in [-0.25, -0.2) is 0 Å². The minimum absolute atomic E-state index is 0.0476. The van der Waals surface area contributed by atoms with Crippen LogP contribution in [0, 0.1) is 5.92 Å². The molecule has 19 heteroatoms. The number of ether oxygens (including phenoxy) is 10. The van der Waals surface area contributed by atoms with Crippen molar-refractivity contribution < 1.29 is 66.9 Å². The smallest absolute Gasteiger partial charge is 0.251 e. The van der Waals surface area contributed by atoms with Gasteiger partial charge in [-0.05, 0) is 80.0 Å². The molecular weight excluding hydrogens is 931 g/mol. The van der Waals surface area contributed by atoms with Crippen LogP contribution >= 0.6 is 0 Å². The largest absolute Gasteiger partial charge is 0.457 e. The molecule has 3 fully saturated rings. The molecular formula is C53H85N5O14. The number of amides is 3. The zero-order valence-electron chi connectivity index (χ0n) is 42.9. The van der Waals surface area contributed by atoms with Crippen LogP contribution in [0.1, 0.15) is 80.6 Å². The first-order chi connectivity index (χ1) is 35.3. The highest BCUT2D eigenvalue weighted by molar-refractivity contribution is 6.00. The average molecular weight is 1020 g/mol. The van der Waals surface area contributed by atoms with Crippen LogP contribution in [0.25, 0.3) is 0 Å². The summed E-state index contributed by atoms with van der Waals surface area (Å²) in [7, 11) is 0. The fourth-order valence-corrected chi connectivity index (χ4v) is 9.05. The van der Waals surface area contributed by atoms with Crippen molar-refractivity contribution in [3.05, 3.63) is 59.7 Å². The molecule has 0 aromatic heterocycles. The summed E-state index contributed by atoms with van der Waals surface area (Å²) in [5, 5.41) is 17.2. The first kappa shape index (κ1) is 59.1. The highest BCUT2D eigenvalue weighted by Crippen LogP contribution is 2.37. The fourth-order valence-electron chi connectivity index (χ4n) is 9.05. The molecule has 1 saturated carbocycles. The van der Waals surface area contributed by atoms with E-state index in [4.69, 9.17) is 53.1 Å². The van der Waals surface area contributed by atoms with Crippen molar-refractivity contribution in [1.82, 2.24) is 20.4 Å². The second-order valence-electron chi connectivity index (χ2n) is 18.3. The Morgan fingerprint density at radius 1 is 0.681 bits per heavy atom. The van der Waals surface area contributed by atoms with E-state index >= 15 is 0 Å². The van der Waals surface area contributed by atoms with Crippen molar-refractivity contribution in [3.63, 3.8) is 0 Å². The van der Waals surface area contributed by atoms with E-state index in [0.717, 1.165) is 50.5 Å². The lowest BCUT2D eigenvalue weighted by molar-refractivity contribution is -0.166. The number of unbranched alkanes of at least 4 members (excludes halogenated alkanes) is 1. The van der Waals surface area contributed by atoms with Crippen molar-refractivity contribution in [1.29, 1.82) is 0 Å². The molecule has 2 heterocycles. The molecule has 0 bridgehead atoms. The Kier molecular flexibility index (Phi) is 29.0. The van der Waals surface area contributed by atoms with Crippen LogP contribution in [-0.2, 0) is 58.8 Å². The number of benzene rings is 2. The molecule has 5 N–H and O–H groups in total. The zero-order chi connectivity index (χ0) is 50.9. The second-order valence-corrected chi connectivity index (χ2v) is 18.3. The van der Waals surface area contributed by atoms with Crippen LogP contribution < -0.4 is 21.1 Å². The van der Waals surface area contributed by atoms with Gasteiger partial charge >= 0.3 is 0 Å². The molecule has 2 atom stereocenters. The van der Waals surface area contributed by atoms with Gasteiger partial charge in [-0.15, -0.1) is 0 Å². The third-order valence-electron chi connectivity index (χ3n) is 13.1. The molecule has 2 aromatic carbocycles. The van der Waals surface area contributed by atoms with Crippen LogP contribution in [0.2, 0.25) is 0 Å². The number of nitrogens with two attached hydrogens (primary N) is 1. The average Bonchev–Trinajstić information content (AvgIpc) is 3.40. The molecule has 406 valence electrons. The quantitative estimate of drug-likeness (QED) is 0.0702. The number of rotatable bonds is 39. The monoisotopic (exact) mass is 1020 g/mol.